The Labute approximate surface area is 190 Å². The van der Waals surface area contributed by atoms with Crippen molar-refractivity contribution in [3.63, 3.8) is 0 Å². The third-order valence-electron chi connectivity index (χ3n) is 6.50. The zero-order valence-corrected chi connectivity index (χ0v) is 19.4. The molecule has 8 heteroatoms. The molecule has 0 spiro atoms. The first kappa shape index (κ1) is 22.9. The van der Waals surface area contributed by atoms with Gasteiger partial charge >= 0.3 is 12.2 Å². The van der Waals surface area contributed by atoms with Crippen molar-refractivity contribution in [2.45, 2.75) is 76.8 Å². The molecule has 0 radical (unpaired) electrons. The van der Waals surface area contributed by atoms with E-state index >= 15 is 0 Å². The summed E-state index contributed by atoms with van der Waals surface area (Å²) in [6.07, 6.45) is 3.16. The molecular formula is C24H35N3O5. The molecule has 3 saturated heterocycles. The van der Waals surface area contributed by atoms with Crippen LogP contribution in [0.4, 0.5) is 9.59 Å². The molecule has 0 aromatic heterocycles. The highest BCUT2D eigenvalue weighted by molar-refractivity contribution is 5.67. The molecule has 8 nitrogen and oxygen atoms in total. The molecular weight excluding hydrogens is 410 g/mol. The SMILES string of the molecule is CC(C)(C)OC(=O)ON1C2CCC1CC(N1CCN(C(=O)OCc3ccccc3)CC1)C2. The third-order valence-corrected chi connectivity index (χ3v) is 6.50. The van der Waals surface area contributed by atoms with E-state index < -0.39 is 11.8 Å². The van der Waals surface area contributed by atoms with Crippen LogP contribution in [0.25, 0.3) is 0 Å². The van der Waals surface area contributed by atoms with Crippen molar-refractivity contribution in [1.82, 2.24) is 14.9 Å². The van der Waals surface area contributed by atoms with Gasteiger partial charge in [-0.3, -0.25) is 4.90 Å². The first-order valence-electron chi connectivity index (χ1n) is 11.7. The minimum atomic E-state index is -0.615. The van der Waals surface area contributed by atoms with E-state index in [1.165, 1.54) is 0 Å². The van der Waals surface area contributed by atoms with Gasteiger partial charge in [0, 0.05) is 44.3 Å². The maximum Gasteiger partial charge on any atom is 0.528 e. The van der Waals surface area contributed by atoms with Crippen molar-refractivity contribution in [3.8, 4) is 0 Å². The molecule has 3 heterocycles. The summed E-state index contributed by atoms with van der Waals surface area (Å²) in [5.74, 6) is 0. The van der Waals surface area contributed by atoms with Gasteiger partial charge in [-0.15, -0.1) is 5.06 Å². The predicted molar refractivity (Wildman–Crippen MR) is 119 cm³/mol. The lowest BCUT2D eigenvalue weighted by atomic mass is 9.97. The Kier molecular flexibility index (Phi) is 6.90. The minimum absolute atomic E-state index is 0.236. The van der Waals surface area contributed by atoms with Crippen molar-refractivity contribution < 1.29 is 23.9 Å². The minimum Gasteiger partial charge on any atom is -0.445 e. The Balaban J connectivity index is 1.22. The zero-order valence-electron chi connectivity index (χ0n) is 19.4. The van der Waals surface area contributed by atoms with Gasteiger partial charge in [-0.25, -0.2) is 9.59 Å². The number of nitrogens with zero attached hydrogens (tertiary/aromatic N) is 3. The lowest BCUT2D eigenvalue weighted by molar-refractivity contribution is -0.190. The van der Waals surface area contributed by atoms with Crippen molar-refractivity contribution in [2.24, 2.45) is 0 Å². The molecule has 0 aliphatic carbocycles. The predicted octanol–water partition coefficient (Wildman–Crippen LogP) is 3.80. The van der Waals surface area contributed by atoms with Crippen LogP contribution in [-0.2, 0) is 20.9 Å². The van der Waals surface area contributed by atoms with Crippen LogP contribution in [0.2, 0.25) is 0 Å². The van der Waals surface area contributed by atoms with Gasteiger partial charge in [0.2, 0.25) is 0 Å². The fourth-order valence-electron chi connectivity index (χ4n) is 4.99. The Morgan fingerprint density at radius 3 is 2.16 bits per heavy atom. The first-order chi connectivity index (χ1) is 15.3. The normalized spacial score (nSPS) is 26.6. The molecule has 0 saturated carbocycles. The number of carbonyl (C=O) groups is 2. The highest BCUT2D eigenvalue weighted by atomic mass is 16.8. The van der Waals surface area contributed by atoms with Crippen molar-refractivity contribution in [2.75, 3.05) is 26.2 Å². The summed E-state index contributed by atoms with van der Waals surface area (Å²) in [6.45, 7) is 8.87. The second-order valence-corrected chi connectivity index (χ2v) is 9.99. The van der Waals surface area contributed by atoms with Gasteiger partial charge in [0.1, 0.15) is 12.2 Å². The summed E-state index contributed by atoms with van der Waals surface area (Å²) in [4.78, 5) is 34.4. The lowest BCUT2D eigenvalue weighted by Crippen LogP contribution is -2.56. The summed E-state index contributed by atoms with van der Waals surface area (Å²) in [5.41, 5.74) is 0.437. The number of ether oxygens (including phenoxy) is 2. The lowest BCUT2D eigenvalue weighted by Gasteiger charge is -2.44. The average Bonchev–Trinajstić information content (AvgIpc) is 2.98. The highest BCUT2D eigenvalue weighted by Gasteiger charge is 2.45. The van der Waals surface area contributed by atoms with E-state index in [9.17, 15) is 9.59 Å². The molecule has 2 atom stereocenters. The van der Waals surface area contributed by atoms with Gasteiger partial charge in [0.15, 0.2) is 0 Å². The topological polar surface area (TPSA) is 71.6 Å². The van der Waals surface area contributed by atoms with Gasteiger partial charge in [-0.1, -0.05) is 30.3 Å². The molecule has 4 rings (SSSR count). The van der Waals surface area contributed by atoms with Gasteiger partial charge in [0.25, 0.3) is 0 Å². The molecule has 1 aromatic carbocycles. The summed E-state index contributed by atoms with van der Waals surface area (Å²) < 4.78 is 10.8. The summed E-state index contributed by atoms with van der Waals surface area (Å²) in [7, 11) is 0. The second kappa shape index (κ2) is 9.67. The van der Waals surface area contributed by atoms with Crippen LogP contribution in [0.1, 0.15) is 52.0 Å². The van der Waals surface area contributed by atoms with E-state index in [-0.39, 0.29) is 18.2 Å². The number of hydrogen-bond acceptors (Lipinski definition) is 7. The molecule has 0 N–H and O–H groups in total. The van der Waals surface area contributed by atoms with Gasteiger partial charge in [-0.2, -0.15) is 0 Å². The van der Waals surface area contributed by atoms with Gasteiger partial charge < -0.3 is 19.2 Å². The van der Waals surface area contributed by atoms with Crippen LogP contribution < -0.4 is 0 Å². The first-order valence-corrected chi connectivity index (χ1v) is 11.7. The summed E-state index contributed by atoms with van der Waals surface area (Å²) >= 11 is 0. The van der Waals surface area contributed by atoms with Crippen LogP contribution in [0.15, 0.2) is 30.3 Å². The van der Waals surface area contributed by atoms with E-state index in [4.69, 9.17) is 14.3 Å². The monoisotopic (exact) mass is 445 g/mol. The van der Waals surface area contributed by atoms with Crippen molar-refractivity contribution >= 4 is 12.2 Å². The van der Waals surface area contributed by atoms with E-state index in [0.717, 1.165) is 44.3 Å². The third kappa shape index (κ3) is 5.72. The van der Waals surface area contributed by atoms with Crippen molar-refractivity contribution in [3.05, 3.63) is 35.9 Å². The molecule has 3 aliphatic heterocycles. The van der Waals surface area contributed by atoms with E-state index in [1.807, 2.05) is 56.2 Å². The van der Waals surface area contributed by atoms with Crippen LogP contribution >= 0.6 is 0 Å². The fraction of sp³-hybridized carbons (Fsp3) is 0.667. The van der Waals surface area contributed by atoms with E-state index in [1.54, 1.807) is 4.90 Å². The van der Waals surface area contributed by atoms with E-state index in [2.05, 4.69) is 4.90 Å². The molecule has 2 unspecified atom stereocenters. The second-order valence-electron chi connectivity index (χ2n) is 9.99. The number of fused-ring (bicyclic) bond motifs is 2. The number of amides is 1. The smallest absolute Gasteiger partial charge is 0.445 e. The Hall–Kier alpha value is -2.32. The molecule has 176 valence electrons. The number of piperidine rings is 1. The average molecular weight is 446 g/mol. The molecule has 32 heavy (non-hydrogen) atoms. The highest BCUT2D eigenvalue weighted by Crippen LogP contribution is 2.38. The molecule has 2 bridgehead atoms. The standard InChI is InChI=1S/C24H35N3O5/c1-24(2,3)31-23(29)32-27-19-9-10-20(27)16-21(15-19)25-11-13-26(14-12-25)22(28)30-17-18-7-5-4-6-8-18/h4-8,19-21H,9-17H2,1-3H3. The Bertz CT molecular complexity index is 775. The Morgan fingerprint density at radius 2 is 1.56 bits per heavy atom. The number of piperazine rings is 1. The molecule has 3 aliphatic rings. The quantitative estimate of drug-likeness (QED) is 0.653. The number of rotatable bonds is 4. The van der Waals surface area contributed by atoms with Crippen LogP contribution in [0.3, 0.4) is 0 Å². The number of carbonyl (C=O) groups excluding carboxylic acids is 2. The molecule has 3 fully saturated rings. The van der Waals surface area contributed by atoms with E-state index in [0.29, 0.717) is 25.7 Å². The zero-order chi connectivity index (χ0) is 22.7. The van der Waals surface area contributed by atoms with Crippen molar-refractivity contribution in [1.29, 1.82) is 0 Å². The summed E-state index contributed by atoms with van der Waals surface area (Å²) in [6, 6.07) is 10.7. The largest absolute Gasteiger partial charge is 0.528 e. The maximum atomic E-state index is 12.4. The van der Waals surface area contributed by atoms with Crippen LogP contribution in [-0.4, -0.2) is 77.0 Å². The molecule has 1 amide bonds. The van der Waals surface area contributed by atoms with Gasteiger partial charge in [0.05, 0.1) is 0 Å². The van der Waals surface area contributed by atoms with Crippen LogP contribution in [0, 0.1) is 0 Å². The fourth-order valence-corrected chi connectivity index (χ4v) is 4.99. The van der Waals surface area contributed by atoms with Gasteiger partial charge in [-0.05, 0) is 52.0 Å². The Morgan fingerprint density at radius 1 is 0.938 bits per heavy atom. The summed E-state index contributed by atoms with van der Waals surface area (Å²) in [5, 5.41) is 1.88. The maximum absolute atomic E-state index is 12.4. The molecule has 1 aromatic rings. The number of hydroxylamine groups is 2. The van der Waals surface area contributed by atoms with Crippen LogP contribution in [0.5, 0.6) is 0 Å². The number of benzene rings is 1. The number of hydrogen-bond donors (Lipinski definition) is 0.